The Balaban J connectivity index is 1.04. The van der Waals surface area contributed by atoms with Crippen LogP contribution in [-0.4, -0.2) is 13.2 Å². The van der Waals surface area contributed by atoms with Gasteiger partial charge in [0.05, 0.1) is 13.2 Å². The molecule has 0 radical (unpaired) electrons. The van der Waals surface area contributed by atoms with E-state index < -0.39 is 0 Å². The van der Waals surface area contributed by atoms with E-state index in [-0.39, 0.29) is 5.41 Å². The molecule has 1 aliphatic rings. The first kappa shape index (κ1) is 46.4. The van der Waals surface area contributed by atoms with Crippen molar-refractivity contribution in [2.45, 2.75) is 125 Å². The lowest BCUT2D eigenvalue weighted by Gasteiger charge is -2.32. The summed E-state index contributed by atoms with van der Waals surface area (Å²) in [6.45, 7) is 19.6. The van der Waals surface area contributed by atoms with Crippen molar-refractivity contribution in [3.05, 3.63) is 144 Å². The fourth-order valence-electron chi connectivity index (χ4n) is 9.40. The number of hydrogen-bond acceptors (Lipinski definition) is 4. The quantitative estimate of drug-likeness (QED) is 0.0633. The molecule has 4 heteroatoms. The number of thiophene rings is 2. The Hall–Kier alpha value is -4.64. The molecule has 6 aromatic rings. The molecule has 0 amide bonds. The lowest BCUT2D eigenvalue weighted by molar-refractivity contribution is 0.279. The highest BCUT2D eigenvalue weighted by Crippen LogP contribution is 2.56. The molecule has 0 aliphatic heterocycles. The molecular weight excluding hydrogens is 805 g/mol. The van der Waals surface area contributed by atoms with Crippen LogP contribution in [0.4, 0.5) is 0 Å². The zero-order chi connectivity index (χ0) is 44.3. The van der Waals surface area contributed by atoms with Crippen LogP contribution in [0.3, 0.4) is 0 Å². The molecule has 4 aromatic carbocycles. The van der Waals surface area contributed by atoms with Gasteiger partial charge in [-0.25, -0.2) is 0 Å². The summed E-state index contributed by atoms with van der Waals surface area (Å²) in [5.74, 6) is 3.22. The van der Waals surface area contributed by atoms with Crippen molar-refractivity contribution in [1.29, 1.82) is 0 Å². The normalized spacial score (nSPS) is 13.5. The van der Waals surface area contributed by atoms with Crippen LogP contribution < -0.4 is 9.47 Å². The van der Waals surface area contributed by atoms with E-state index in [4.69, 9.17) is 9.47 Å². The van der Waals surface area contributed by atoms with Crippen LogP contribution in [0.2, 0.25) is 0 Å². The van der Waals surface area contributed by atoms with E-state index in [1.54, 1.807) is 0 Å². The second-order valence-electron chi connectivity index (χ2n) is 18.7. The second kappa shape index (κ2) is 21.8. The van der Waals surface area contributed by atoms with Crippen LogP contribution >= 0.6 is 22.7 Å². The molecule has 0 bridgehead atoms. The Labute approximate surface area is 388 Å². The third-order valence-corrected chi connectivity index (χ3v) is 15.3. The smallest absolute Gasteiger partial charge is 0.119 e. The number of benzene rings is 4. The average Bonchev–Trinajstić information content (AvgIpc) is 4.03. The third kappa shape index (κ3) is 11.6. The van der Waals surface area contributed by atoms with E-state index in [0.717, 1.165) is 76.1 Å². The van der Waals surface area contributed by atoms with Gasteiger partial charge in [0.1, 0.15) is 11.5 Å². The van der Waals surface area contributed by atoms with Crippen molar-refractivity contribution >= 4 is 22.7 Å². The van der Waals surface area contributed by atoms with Crippen molar-refractivity contribution in [3.63, 3.8) is 0 Å². The van der Waals surface area contributed by atoms with Crippen LogP contribution in [0.15, 0.2) is 132 Å². The fourth-order valence-corrected chi connectivity index (χ4v) is 11.4. The minimum absolute atomic E-state index is 0.00118. The molecular formula is C59H70O2S2. The molecule has 63 heavy (non-hydrogen) atoms. The van der Waals surface area contributed by atoms with Crippen molar-refractivity contribution in [2.75, 3.05) is 13.2 Å². The highest BCUT2D eigenvalue weighted by molar-refractivity contribution is 7.19. The van der Waals surface area contributed by atoms with Gasteiger partial charge in [-0.3, -0.25) is 0 Å². The van der Waals surface area contributed by atoms with Gasteiger partial charge in [-0.1, -0.05) is 88.1 Å². The minimum atomic E-state index is -0.00118. The number of allylic oxidation sites excluding steroid dienone is 4. The SMILES string of the molecule is CCCC1(CCC)c2cc(-c3ccc(-c4ccc(OCCC(C)CCC=C(C)C)cc4)s3)ccc2-c2ccc(-c3ccc(-c4ccc(OCCC(C)CCC=C(C)C)cc4)s3)cc21. The summed E-state index contributed by atoms with van der Waals surface area (Å²) >= 11 is 3.78. The Kier molecular flexibility index (Phi) is 16.1. The second-order valence-corrected chi connectivity index (χ2v) is 20.8. The van der Waals surface area contributed by atoms with Gasteiger partial charge < -0.3 is 9.47 Å². The zero-order valence-corrected chi connectivity index (χ0v) is 41.0. The van der Waals surface area contributed by atoms with Crippen LogP contribution in [-0.2, 0) is 5.41 Å². The van der Waals surface area contributed by atoms with Crippen molar-refractivity contribution in [1.82, 2.24) is 0 Å². The molecule has 0 saturated carbocycles. The van der Waals surface area contributed by atoms with Crippen LogP contribution in [0.1, 0.15) is 131 Å². The Morgan fingerprint density at radius 3 is 1.22 bits per heavy atom. The lowest BCUT2D eigenvalue weighted by atomic mass is 9.71. The number of hydrogen-bond donors (Lipinski definition) is 0. The summed E-state index contributed by atoms with van der Waals surface area (Å²) in [6, 6.07) is 41.2. The van der Waals surface area contributed by atoms with E-state index in [9.17, 15) is 0 Å². The summed E-state index contributed by atoms with van der Waals surface area (Å²) in [5.41, 5.74) is 13.7. The van der Waals surface area contributed by atoms with Crippen LogP contribution in [0, 0.1) is 11.8 Å². The number of rotatable bonds is 22. The maximum Gasteiger partial charge on any atom is 0.119 e. The van der Waals surface area contributed by atoms with Gasteiger partial charge >= 0.3 is 0 Å². The molecule has 0 saturated heterocycles. The van der Waals surface area contributed by atoms with Gasteiger partial charge in [-0.2, -0.15) is 0 Å². The molecule has 2 heterocycles. The fraction of sp³-hybridized carbons (Fsp3) is 0.390. The summed E-state index contributed by atoms with van der Waals surface area (Å²) in [7, 11) is 0. The Morgan fingerprint density at radius 2 is 0.857 bits per heavy atom. The Morgan fingerprint density at radius 1 is 0.492 bits per heavy atom. The topological polar surface area (TPSA) is 18.5 Å². The van der Waals surface area contributed by atoms with E-state index in [0.29, 0.717) is 11.8 Å². The van der Waals surface area contributed by atoms with Gasteiger partial charge in [-0.05, 0) is 220 Å². The largest absolute Gasteiger partial charge is 0.494 e. The van der Waals surface area contributed by atoms with Gasteiger partial charge in [0.15, 0.2) is 0 Å². The maximum absolute atomic E-state index is 6.16. The lowest BCUT2D eigenvalue weighted by Crippen LogP contribution is -2.25. The molecule has 2 aromatic heterocycles. The highest BCUT2D eigenvalue weighted by atomic mass is 32.1. The van der Waals surface area contributed by atoms with E-state index in [2.05, 4.69) is 177 Å². The van der Waals surface area contributed by atoms with Crippen molar-refractivity contribution in [3.8, 4) is 64.4 Å². The summed E-state index contributed by atoms with van der Waals surface area (Å²) in [4.78, 5) is 5.22. The van der Waals surface area contributed by atoms with E-state index >= 15 is 0 Å². The summed E-state index contributed by atoms with van der Waals surface area (Å²) in [5, 5.41) is 0. The molecule has 2 unspecified atom stereocenters. The van der Waals surface area contributed by atoms with Crippen LogP contribution in [0.25, 0.3) is 52.9 Å². The van der Waals surface area contributed by atoms with Gasteiger partial charge in [0.25, 0.3) is 0 Å². The number of fused-ring (bicyclic) bond motifs is 3. The summed E-state index contributed by atoms with van der Waals surface area (Å²) in [6.07, 6.45) is 16.2. The summed E-state index contributed by atoms with van der Waals surface area (Å²) < 4.78 is 12.3. The third-order valence-electron chi connectivity index (χ3n) is 13.0. The molecule has 2 atom stereocenters. The average molecular weight is 875 g/mol. The predicted octanol–water partition coefficient (Wildman–Crippen LogP) is 18.6. The van der Waals surface area contributed by atoms with Crippen molar-refractivity contribution in [2.24, 2.45) is 11.8 Å². The highest BCUT2D eigenvalue weighted by Gasteiger charge is 2.42. The van der Waals surface area contributed by atoms with Gasteiger partial charge in [0, 0.05) is 24.9 Å². The molecule has 7 rings (SSSR count). The predicted molar refractivity (Wildman–Crippen MR) is 276 cm³/mol. The zero-order valence-electron chi connectivity index (χ0n) is 39.3. The standard InChI is InChI=1S/C59H70O2S2/c1-9-35-59(36-10-2)53-39-47(57-31-29-55(62-57)45-17-23-49(24-18-45)60-37-33-43(7)15-11-13-41(3)4)21-27-51(53)52-28-22-48(40-54(52)59)58-32-30-56(63-58)46-19-25-50(26-20-46)61-38-34-44(8)16-12-14-42(5)6/h13-14,17-32,39-40,43-44H,9-12,15-16,33-38H2,1-8H3. The van der Waals surface area contributed by atoms with E-state index in [1.807, 2.05) is 22.7 Å². The number of ether oxygens (including phenoxy) is 2. The van der Waals surface area contributed by atoms with E-state index in [1.165, 1.54) is 88.0 Å². The van der Waals surface area contributed by atoms with Crippen molar-refractivity contribution < 1.29 is 9.47 Å². The molecule has 0 N–H and O–H groups in total. The monoisotopic (exact) mass is 874 g/mol. The molecule has 0 spiro atoms. The molecule has 1 aliphatic carbocycles. The van der Waals surface area contributed by atoms with Crippen LogP contribution in [0.5, 0.6) is 11.5 Å². The molecule has 330 valence electrons. The first-order valence-corrected chi connectivity index (χ1v) is 25.4. The van der Waals surface area contributed by atoms with Gasteiger partial charge in [0.2, 0.25) is 0 Å². The Bertz CT molecular complexity index is 2280. The van der Waals surface area contributed by atoms with Gasteiger partial charge in [-0.15, -0.1) is 22.7 Å². The molecule has 0 fully saturated rings. The molecule has 2 nitrogen and oxygen atoms in total. The first-order chi connectivity index (χ1) is 30.6. The first-order valence-electron chi connectivity index (χ1n) is 23.8. The minimum Gasteiger partial charge on any atom is -0.494 e. The maximum atomic E-state index is 6.16.